The molecule has 2 heterocycles. The average molecular weight is 573 g/mol. The quantitative estimate of drug-likeness (QED) is 0.125. The zero-order chi connectivity index (χ0) is 29.0. The molecule has 41 heavy (non-hydrogen) atoms. The molecular weight excluding hydrogens is 539 g/mol. The van der Waals surface area contributed by atoms with Crippen molar-refractivity contribution in [2.45, 2.75) is 31.3 Å². The predicted octanol–water partition coefficient (Wildman–Crippen LogP) is 7.02. The molecular formula is C32H33FN4O3S. The summed E-state index contributed by atoms with van der Waals surface area (Å²) in [5.41, 5.74) is 3.41. The average Bonchev–Trinajstić information content (AvgIpc) is 3.62. The van der Waals surface area contributed by atoms with E-state index in [4.69, 9.17) is 19.2 Å². The fraction of sp³-hybridized carbons (Fsp3) is 0.250. The molecule has 0 aliphatic rings. The van der Waals surface area contributed by atoms with Gasteiger partial charge in [-0.3, -0.25) is 4.57 Å². The lowest BCUT2D eigenvalue weighted by molar-refractivity contribution is 0.344. The van der Waals surface area contributed by atoms with Crippen LogP contribution in [0.5, 0.6) is 17.2 Å². The number of imidazole rings is 2. The van der Waals surface area contributed by atoms with Crippen molar-refractivity contribution in [1.82, 2.24) is 19.1 Å². The van der Waals surface area contributed by atoms with Gasteiger partial charge in [-0.2, -0.15) is 0 Å². The summed E-state index contributed by atoms with van der Waals surface area (Å²) in [5.74, 6) is 3.44. The van der Waals surface area contributed by atoms with E-state index in [0.29, 0.717) is 23.9 Å². The summed E-state index contributed by atoms with van der Waals surface area (Å²) < 4.78 is 35.0. The molecule has 5 aromatic rings. The highest BCUT2D eigenvalue weighted by molar-refractivity contribution is 7.99. The lowest BCUT2D eigenvalue weighted by Gasteiger charge is -2.28. The third kappa shape index (κ3) is 5.95. The number of rotatable bonds is 11. The van der Waals surface area contributed by atoms with Crippen LogP contribution in [0.2, 0.25) is 0 Å². The molecule has 0 aliphatic heterocycles. The van der Waals surface area contributed by atoms with Crippen LogP contribution in [0.4, 0.5) is 4.39 Å². The Labute approximate surface area is 243 Å². The number of methoxy groups -OCH3 is 2. The van der Waals surface area contributed by atoms with Gasteiger partial charge < -0.3 is 18.8 Å². The van der Waals surface area contributed by atoms with Crippen LogP contribution in [0, 0.1) is 12.7 Å². The fourth-order valence-electron chi connectivity index (χ4n) is 4.74. The number of hydrogen-bond acceptors (Lipinski definition) is 6. The van der Waals surface area contributed by atoms with Gasteiger partial charge in [0.15, 0.2) is 16.7 Å². The van der Waals surface area contributed by atoms with Gasteiger partial charge in [-0.1, -0.05) is 31.7 Å². The van der Waals surface area contributed by atoms with Gasteiger partial charge in [0.1, 0.15) is 17.4 Å². The molecule has 212 valence electrons. The number of aromatic nitrogens is 4. The molecule has 9 heteroatoms. The van der Waals surface area contributed by atoms with Gasteiger partial charge in [0, 0.05) is 34.9 Å². The van der Waals surface area contributed by atoms with Crippen LogP contribution in [0.15, 0.2) is 90.5 Å². The lowest BCUT2D eigenvalue weighted by atomic mass is 9.81. The molecule has 0 aliphatic carbocycles. The molecule has 0 saturated carbocycles. The van der Waals surface area contributed by atoms with Gasteiger partial charge in [0.25, 0.3) is 0 Å². The molecule has 0 saturated heterocycles. The SMILES string of the molecule is COc1ccc(C(C)(C)c2cnc(SCCOc3ccc(-n4ccnc4C)cc3)n2-c2ccc(F)cc2)cc1OC. The van der Waals surface area contributed by atoms with E-state index < -0.39 is 5.41 Å². The molecule has 0 amide bonds. The summed E-state index contributed by atoms with van der Waals surface area (Å²) in [5, 5.41) is 0.801. The Morgan fingerprint density at radius 1 is 0.878 bits per heavy atom. The molecule has 0 N–H and O–H groups in total. The zero-order valence-electron chi connectivity index (χ0n) is 23.8. The van der Waals surface area contributed by atoms with Crippen LogP contribution >= 0.6 is 11.8 Å². The fourth-order valence-corrected chi connectivity index (χ4v) is 5.55. The molecule has 0 bridgehead atoms. The minimum absolute atomic E-state index is 0.286. The highest BCUT2D eigenvalue weighted by Gasteiger charge is 2.30. The highest BCUT2D eigenvalue weighted by Crippen LogP contribution is 2.39. The van der Waals surface area contributed by atoms with E-state index in [2.05, 4.69) is 23.4 Å². The van der Waals surface area contributed by atoms with Crippen molar-refractivity contribution in [1.29, 1.82) is 0 Å². The first-order valence-electron chi connectivity index (χ1n) is 13.2. The van der Waals surface area contributed by atoms with Crippen LogP contribution in [-0.4, -0.2) is 45.7 Å². The minimum Gasteiger partial charge on any atom is -0.493 e. The molecule has 0 atom stereocenters. The summed E-state index contributed by atoms with van der Waals surface area (Å²) in [6.07, 6.45) is 5.61. The largest absolute Gasteiger partial charge is 0.493 e. The first kappa shape index (κ1) is 28.3. The highest BCUT2D eigenvalue weighted by atomic mass is 32.2. The monoisotopic (exact) mass is 572 g/mol. The summed E-state index contributed by atoms with van der Waals surface area (Å²) in [4.78, 5) is 9.07. The van der Waals surface area contributed by atoms with E-state index in [1.165, 1.54) is 12.1 Å². The Balaban J connectivity index is 1.35. The van der Waals surface area contributed by atoms with Gasteiger partial charge >= 0.3 is 0 Å². The second-order valence-electron chi connectivity index (χ2n) is 9.97. The van der Waals surface area contributed by atoms with Crippen molar-refractivity contribution in [3.63, 3.8) is 0 Å². The van der Waals surface area contributed by atoms with Gasteiger partial charge in [-0.25, -0.2) is 14.4 Å². The van der Waals surface area contributed by atoms with E-state index in [9.17, 15) is 4.39 Å². The number of hydrogen-bond donors (Lipinski definition) is 0. The summed E-state index contributed by atoms with van der Waals surface area (Å²) in [7, 11) is 3.25. The third-order valence-electron chi connectivity index (χ3n) is 7.08. The maximum Gasteiger partial charge on any atom is 0.172 e. The number of benzene rings is 3. The van der Waals surface area contributed by atoms with Crippen molar-refractivity contribution >= 4 is 11.8 Å². The van der Waals surface area contributed by atoms with Gasteiger partial charge in [0.05, 0.1) is 32.7 Å². The van der Waals surface area contributed by atoms with E-state index in [1.54, 1.807) is 44.3 Å². The predicted molar refractivity (Wildman–Crippen MR) is 160 cm³/mol. The summed E-state index contributed by atoms with van der Waals surface area (Å²) >= 11 is 1.59. The maximum atomic E-state index is 13.8. The Morgan fingerprint density at radius 3 is 2.24 bits per heavy atom. The molecule has 7 nitrogen and oxygen atoms in total. The van der Waals surface area contributed by atoms with Crippen LogP contribution in [0.25, 0.3) is 11.4 Å². The van der Waals surface area contributed by atoms with Crippen LogP contribution in [-0.2, 0) is 5.41 Å². The van der Waals surface area contributed by atoms with Crippen LogP contribution in [0.1, 0.15) is 30.9 Å². The Bertz CT molecular complexity index is 1610. The van der Waals surface area contributed by atoms with Gasteiger partial charge in [0.2, 0.25) is 0 Å². The third-order valence-corrected chi connectivity index (χ3v) is 8.00. The number of aryl methyl sites for hydroxylation is 1. The van der Waals surface area contributed by atoms with Crippen molar-refractivity contribution in [3.05, 3.63) is 108 Å². The maximum absolute atomic E-state index is 13.8. The minimum atomic E-state index is -0.453. The first-order chi connectivity index (χ1) is 19.8. The normalized spacial score (nSPS) is 11.5. The van der Waals surface area contributed by atoms with E-state index in [0.717, 1.165) is 39.4 Å². The Kier molecular flexibility index (Phi) is 8.35. The second kappa shape index (κ2) is 12.1. The molecule has 0 spiro atoms. The standard InChI is InChI=1S/C32H33FN4O3S/c1-22-34-16-17-36(22)25-11-13-27(14-12-25)40-18-19-41-31-35-21-30(37(31)26-9-7-24(33)8-10-26)32(2,3)23-6-15-28(38-4)29(20-23)39-5/h6-17,20-21H,18-19H2,1-5H3. The van der Waals surface area contributed by atoms with Crippen molar-refractivity contribution < 1.29 is 18.6 Å². The number of thioether (sulfide) groups is 1. The van der Waals surface area contributed by atoms with E-state index >= 15 is 0 Å². The molecule has 0 fully saturated rings. The van der Waals surface area contributed by atoms with Crippen molar-refractivity contribution in [2.24, 2.45) is 0 Å². The molecule has 0 radical (unpaired) electrons. The van der Waals surface area contributed by atoms with Crippen molar-refractivity contribution in [2.75, 3.05) is 26.6 Å². The number of halogens is 1. The second-order valence-corrected chi connectivity index (χ2v) is 11.0. The Morgan fingerprint density at radius 2 is 1.59 bits per heavy atom. The molecule has 5 rings (SSSR count). The molecule has 3 aromatic carbocycles. The van der Waals surface area contributed by atoms with E-state index in [1.807, 2.05) is 66.3 Å². The molecule has 0 unspecified atom stereocenters. The van der Waals surface area contributed by atoms with Crippen molar-refractivity contribution in [3.8, 4) is 28.6 Å². The van der Waals surface area contributed by atoms with Crippen LogP contribution in [0.3, 0.4) is 0 Å². The first-order valence-corrected chi connectivity index (χ1v) is 14.2. The number of ether oxygens (including phenoxy) is 3. The Hall–Kier alpha value is -4.24. The van der Waals surface area contributed by atoms with E-state index in [-0.39, 0.29) is 5.82 Å². The molecule has 2 aromatic heterocycles. The lowest BCUT2D eigenvalue weighted by Crippen LogP contribution is -2.23. The summed E-state index contributed by atoms with van der Waals surface area (Å²) in [6, 6.07) is 20.4. The smallest absolute Gasteiger partial charge is 0.172 e. The number of nitrogens with zero attached hydrogens (tertiary/aromatic N) is 4. The van der Waals surface area contributed by atoms with Crippen LogP contribution < -0.4 is 14.2 Å². The van der Waals surface area contributed by atoms with Gasteiger partial charge in [-0.15, -0.1) is 0 Å². The topological polar surface area (TPSA) is 63.3 Å². The summed E-state index contributed by atoms with van der Waals surface area (Å²) in [6.45, 7) is 6.74. The zero-order valence-corrected chi connectivity index (χ0v) is 24.6. The van der Waals surface area contributed by atoms with Gasteiger partial charge in [-0.05, 0) is 73.2 Å².